The van der Waals surface area contributed by atoms with Crippen molar-refractivity contribution in [1.29, 1.82) is 0 Å². The van der Waals surface area contributed by atoms with Gasteiger partial charge in [-0.25, -0.2) is 0 Å². The Bertz CT molecular complexity index is 1190. The van der Waals surface area contributed by atoms with Gasteiger partial charge in [0.15, 0.2) is 11.0 Å². The maximum Gasteiger partial charge on any atom is 0.251 e. The molecule has 1 atom stereocenters. The zero-order valence-electron chi connectivity index (χ0n) is 20.0. The first-order valence-electron chi connectivity index (χ1n) is 11.7. The fraction of sp³-hybridized carbons (Fsp3) is 0.500. The van der Waals surface area contributed by atoms with Crippen molar-refractivity contribution in [3.63, 3.8) is 0 Å². The van der Waals surface area contributed by atoms with Crippen molar-refractivity contribution in [2.45, 2.75) is 71.0 Å². The fourth-order valence-electron chi connectivity index (χ4n) is 4.31. The van der Waals surface area contributed by atoms with E-state index in [1.54, 1.807) is 11.3 Å². The van der Waals surface area contributed by atoms with Crippen LogP contribution in [0.5, 0.6) is 0 Å². The van der Waals surface area contributed by atoms with Crippen molar-refractivity contribution in [2.75, 3.05) is 11.1 Å². The molecule has 182 valence electrons. The number of anilines is 1. The Hall–Kier alpha value is -2.17. The molecular formula is C24H31N5O2S3. The van der Waals surface area contributed by atoms with Crippen LogP contribution in [0.4, 0.5) is 5.00 Å². The third-order valence-electron chi connectivity index (χ3n) is 5.93. The second-order valence-corrected chi connectivity index (χ2v) is 12.1. The zero-order valence-corrected chi connectivity index (χ0v) is 22.5. The van der Waals surface area contributed by atoms with E-state index in [1.807, 2.05) is 0 Å². The maximum absolute atomic E-state index is 12.8. The zero-order chi connectivity index (χ0) is 24.4. The molecule has 1 unspecified atom stereocenters. The van der Waals surface area contributed by atoms with Crippen LogP contribution in [-0.2, 0) is 24.1 Å². The Morgan fingerprint density at radius 1 is 1.35 bits per heavy atom. The highest BCUT2D eigenvalue weighted by molar-refractivity contribution is 7.99. The number of nitrogens with one attached hydrogen (secondary N) is 1. The molecule has 10 heteroatoms. The molecule has 0 saturated heterocycles. The van der Waals surface area contributed by atoms with Gasteiger partial charge in [-0.15, -0.1) is 32.9 Å². The van der Waals surface area contributed by atoms with E-state index in [-0.39, 0.29) is 17.7 Å². The highest BCUT2D eigenvalue weighted by atomic mass is 32.2. The van der Waals surface area contributed by atoms with Gasteiger partial charge in [0.2, 0.25) is 5.91 Å². The number of primary amides is 1. The summed E-state index contributed by atoms with van der Waals surface area (Å²) in [5, 5.41) is 15.2. The van der Waals surface area contributed by atoms with Crippen LogP contribution in [0.2, 0.25) is 0 Å². The number of nitrogens with two attached hydrogens (primary N) is 1. The monoisotopic (exact) mass is 517 g/mol. The predicted molar refractivity (Wildman–Crippen MR) is 141 cm³/mol. The SMILES string of the molecule is CCCc1cc(-c2nnc(SCC(=O)Nc3sc4c(c3C(N)=O)CCC(C)C4)n2C(C)C)cs1. The Labute approximate surface area is 212 Å². The number of nitrogens with zero attached hydrogens (tertiary/aromatic N) is 3. The van der Waals surface area contributed by atoms with E-state index in [9.17, 15) is 9.59 Å². The van der Waals surface area contributed by atoms with E-state index in [0.717, 1.165) is 53.9 Å². The average molecular weight is 518 g/mol. The topological polar surface area (TPSA) is 103 Å². The van der Waals surface area contributed by atoms with Crippen molar-refractivity contribution >= 4 is 51.3 Å². The van der Waals surface area contributed by atoms with Crippen molar-refractivity contribution in [3.05, 3.63) is 32.3 Å². The summed E-state index contributed by atoms with van der Waals surface area (Å²) in [7, 11) is 0. The third kappa shape index (κ3) is 5.23. The van der Waals surface area contributed by atoms with Gasteiger partial charge < -0.3 is 11.1 Å². The summed E-state index contributed by atoms with van der Waals surface area (Å²) in [5.74, 6) is 0.917. The summed E-state index contributed by atoms with van der Waals surface area (Å²) in [4.78, 5) is 27.5. The van der Waals surface area contributed by atoms with E-state index in [4.69, 9.17) is 5.73 Å². The average Bonchev–Trinajstić information content (AvgIpc) is 3.48. The Balaban J connectivity index is 1.48. The Morgan fingerprint density at radius 3 is 2.85 bits per heavy atom. The molecule has 0 radical (unpaired) electrons. The minimum absolute atomic E-state index is 0.151. The summed E-state index contributed by atoms with van der Waals surface area (Å²) < 4.78 is 2.08. The van der Waals surface area contributed by atoms with Gasteiger partial charge in [0.25, 0.3) is 5.91 Å². The van der Waals surface area contributed by atoms with Crippen LogP contribution < -0.4 is 11.1 Å². The summed E-state index contributed by atoms with van der Waals surface area (Å²) in [5.41, 5.74) is 8.25. The normalized spacial score (nSPS) is 15.5. The largest absolute Gasteiger partial charge is 0.365 e. The van der Waals surface area contributed by atoms with E-state index >= 15 is 0 Å². The van der Waals surface area contributed by atoms with Crippen LogP contribution in [0.25, 0.3) is 11.4 Å². The molecule has 3 aromatic heterocycles. The van der Waals surface area contributed by atoms with Gasteiger partial charge in [0.05, 0.1) is 11.3 Å². The van der Waals surface area contributed by atoms with Crippen LogP contribution in [0, 0.1) is 5.92 Å². The molecule has 3 heterocycles. The van der Waals surface area contributed by atoms with Crippen molar-refractivity contribution < 1.29 is 9.59 Å². The summed E-state index contributed by atoms with van der Waals surface area (Å²) in [6.45, 7) is 8.56. The third-order valence-corrected chi connectivity index (χ3v) is 9.04. The maximum atomic E-state index is 12.8. The van der Waals surface area contributed by atoms with Crippen LogP contribution in [0.15, 0.2) is 16.6 Å². The lowest BCUT2D eigenvalue weighted by Gasteiger charge is -2.18. The summed E-state index contributed by atoms with van der Waals surface area (Å²) in [6, 6.07) is 2.33. The molecule has 0 aromatic carbocycles. The molecule has 0 bridgehead atoms. The number of aryl methyl sites for hydroxylation is 1. The van der Waals surface area contributed by atoms with E-state index in [2.05, 4.69) is 59.2 Å². The van der Waals surface area contributed by atoms with Gasteiger partial charge in [0, 0.05) is 26.7 Å². The molecule has 0 aliphatic heterocycles. The van der Waals surface area contributed by atoms with Gasteiger partial charge in [-0.3, -0.25) is 14.2 Å². The second kappa shape index (κ2) is 10.6. The van der Waals surface area contributed by atoms with Crippen LogP contribution in [0.3, 0.4) is 0 Å². The number of carbonyl (C=O) groups excluding carboxylic acids is 2. The predicted octanol–water partition coefficient (Wildman–Crippen LogP) is 5.56. The van der Waals surface area contributed by atoms with Crippen molar-refractivity contribution in [1.82, 2.24) is 14.8 Å². The molecule has 7 nitrogen and oxygen atoms in total. The number of fused-ring (bicyclic) bond motifs is 1. The van der Waals surface area contributed by atoms with Gasteiger partial charge in [-0.05, 0) is 57.1 Å². The number of carbonyl (C=O) groups is 2. The molecule has 0 spiro atoms. The molecule has 0 fully saturated rings. The molecule has 34 heavy (non-hydrogen) atoms. The van der Waals surface area contributed by atoms with Crippen molar-refractivity contribution in [2.24, 2.45) is 11.7 Å². The van der Waals surface area contributed by atoms with Crippen LogP contribution in [-0.4, -0.2) is 32.3 Å². The lowest BCUT2D eigenvalue weighted by atomic mass is 9.88. The number of rotatable bonds is 9. The number of hydrogen-bond donors (Lipinski definition) is 2. The van der Waals surface area contributed by atoms with Gasteiger partial charge in [0.1, 0.15) is 5.00 Å². The molecular weight excluding hydrogens is 486 g/mol. The first-order chi connectivity index (χ1) is 16.3. The standard InChI is InChI=1S/C24H31N5O2S3/c1-5-6-16-10-15(11-32-16)22-27-28-24(29(22)13(2)3)33-12-19(30)26-23-20(21(25)31)17-8-7-14(4)9-18(17)34-23/h10-11,13-14H,5-9,12H2,1-4H3,(H2,25,31)(H,26,30). The number of thioether (sulfide) groups is 1. The van der Waals surface area contributed by atoms with Crippen molar-refractivity contribution in [3.8, 4) is 11.4 Å². The smallest absolute Gasteiger partial charge is 0.251 e. The first-order valence-corrected chi connectivity index (χ1v) is 14.4. The van der Waals surface area contributed by atoms with E-state index in [0.29, 0.717) is 21.6 Å². The molecule has 2 amide bonds. The lowest BCUT2D eigenvalue weighted by Crippen LogP contribution is -2.20. The van der Waals surface area contributed by atoms with Crippen LogP contribution in [0.1, 0.15) is 72.3 Å². The highest BCUT2D eigenvalue weighted by Gasteiger charge is 2.27. The number of aromatic nitrogens is 3. The van der Waals surface area contributed by atoms with Gasteiger partial charge in [-0.2, -0.15) is 0 Å². The quantitative estimate of drug-likeness (QED) is 0.362. The lowest BCUT2D eigenvalue weighted by molar-refractivity contribution is -0.113. The van der Waals surface area contributed by atoms with E-state index < -0.39 is 5.91 Å². The molecule has 0 saturated carbocycles. The van der Waals surface area contributed by atoms with E-state index in [1.165, 1.54) is 28.0 Å². The highest BCUT2D eigenvalue weighted by Crippen LogP contribution is 2.39. The Morgan fingerprint density at radius 2 is 2.15 bits per heavy atom. The number of hydrogen-bond acceptors (Lipinski definition) is 7. The Kier molecular flexibility index (Phi) is 7.79. The minimum Gasteiger partial charge on any atom is -0.365 e. The molecule has 1 aliphatic carbocycles. The molecule has 1 aliphatic rings. The fourth-order valence-corrected chi connectivity index (χ4v) is 7.57. The number of thiophene rings is 2. The summed E-state index contributed by atoms with van der Waals surface area (Å²) >= 11 is 4.58. The van der Waals surface area contributed by atoms with Gasteiger partial charge >= 0.3 is 0 Å². The minimum atomic E-state index is -0.475. The van der Waals surface area contributed by atoms with Gasteiger partial charge in [-0.1, -0.05) is 32.0 Å². The molecule has 4 rings (SSSR count). The molecule has 3 aromatic rings. The molecule has 3 N–H and O–H groups in total. The summed E-state index contributed by atoms with van der Waals surface area (Å²) in [6.07, 6.45) is 4.95. The first kappa shape index (κ1) is 24.9. The second-order valence-electron chi connectivity index (χ2n) is 9.08. The van der Waals surface area contributed by atoms with Crippen LogP contribution >= 0.6 is 34.4 Å². The number of amides is 2.